The van der Waals surface area contributed by atoms with E-state index in [0.29, 0.717) is 0 Å². The average Bonchev–Trinajstić information content (AvgIpc) is 2.17. The van der Waals surface area contributed by atoms with Crippen LogP contribution in [0.15, 0.2) is 23.1 Å². The van der Waals surface area contributed by atoms with E-state index in [2.05, 4.69) is 18.2 Å². The third kappa shape index (κ3) is 1.73. The van der Waals surface area contributed by atoms with Gasteiger partial charge < -0.3 is 0 Å². The molecule has 0 saturated carbocycles. The van der Waals surface area contributed by atoms with Crippen LogP contribution < -0.4 is 10.4 Å². The van der Waals surface area contributed by atoms with E-state index < -0.39 is 10.8 Å². The monoisotopic (exact) mass is 192 g/mol. The summed E-state index contributed by atoms with van der Waals surface area (Å²) in [6.07, 6.45) is 8.39. The highest BCUT2D eigenvalue weighted by atomic mass is 32.2. The molecule has 1 aliphatic carbocycles. The molecule has 1 aromatic carbocycles. The lowest BCUT2D eigenvalue weighted by atomic mass is 10.1. The number of hydrogen-bond donors (Lipinski definition) is 0. The van der Waals surface area contributed by atoms with Crippen molar-refractivity contribution in [2.75, 3.05) is 6.26 Å². The Morgan fingerprint density at radius 1 is 1.15 bits per heavy atom. The highest BCUT2D eigenvalue weighted by Gasteiger charge is 1.98. The SMILES string of the molecule is CS(=O)c1ccc2c(c1)=CCCC=2. The zero-order chi connectivity index (χ0) is 9.26. The molecule has 1 nitrogen and oxygen atoms in total. The molecule has 1 aromatic rings. The molecule has 1 unspecified atom stereocenters. The second-order valence-corrected chi connectivity index (χ2v) is 4.61. The van der Waals surface area contributed by atoms with Crippen LogP contribution in [0, 0.1) is 0 Å². The lowest BCUT2D eigenvalue weighted by molar-refractivity contribution is 0.686. The van der Waals surface area contributed by atoms with Crippen molar-refractivity contribution in [3.8, 4) is 0 Å². The average molecular weight is 192 g/mol. The molecular formula is C11H12OS. The minimum atomic E-state index is -0.861. The number of rotatable bonds is 1. The summed E-state index contributed by atoms with van der Waals surface area (Å²) in [6, 6.07) is 6.04. The molecule has 13 heavy (non-hydrogen) atoms. The smallest absolute Gasteiger partial charge is 0.0498 e. The van der Waals surface area contributed by atoms with Crippen molar-refractivity contribution in [3.63, 3.8) is 0 Å². The van der Waals surface area contributed by atoms with E-state index in [9.17, 15) is 4.21 Å². The van der Waals surface area contributed by atoms with E-state index in [1.54, 1.807) is 6.26 Å². The van der Waals surface area contributed by atoms with E-state index in [1.807, 2.05) is 12.1 Å². The molecule has 2 rings (SSSR count). The summed E-state index contributed by atoms with van der Waals surface area (Å²) in [6.45, 7) is 0. The zero-order valence-corrected chi connectivity index (χ0v) is 8.43. The van der Waals surface area contributed by atoms with E-state index in [-0.39, 0.29) is 0 Å². The van der Waals surface area contributed by atoms with E-state index in [0.717, 1.165) is 17.7 Å². The summed E-state index contributed by atoms with van der Waals surface area (Å²) in [5, 5.41) is 2.51. The first kappa shape index (κ1) is 8.70. The normalized spacial score (nSPS) is 16.7. The lowest BCUT2D eigenvalue weighted by Gasteiger charge is -2.01. The molecule has 68 valence electrons. The maximum Gasteiger partial charge on any atom is 0.0498 e. The van der Waals surface area contributed by atoms with Crippen molar-refractivity contribution < 1.29 is 4.21 Å². The van der Waals surface area contributed by atoms with Crippen LogP contribution in [0.3, 0.4) is 0 Å². The van der Waals surface area contributed by atoms with Gasteiger partial charge in [-0.2, -0.15) is 0 Å². The van der Waals surface area contributed by atoms with Crippen LogP contribution in [0.1, 0.15) is 12.8 Å². The van der Waals surface area contributed by atoms with Crippen LogP contribution in [0.25, 0.3) is 12.2 Å². The maximum atomic E-state index is 11.2. The molecule has 0 N–H and O–H groups in total. The van der Waals surface area contributed by atoms with Crippen LogP contribution in [-0.4, -0.2) is 10.5 Å². The van der Waals surface area contributed by atoms with Crippen molar-refractivity contribution in [1.82, 2.24) is 0 Å². The first-order valence-corrected chi connectivity index (χ1v) is 5.97. The fourth-order valence-corrected chi connectivity index (χ4v) is 2.12. The summed E-state index contributed by atoms with van der Waals surface area (Å²) in [4.78, 5) is 0.922. The Morgan fingerprint density at radius 3 is 2.54 bits per heavy atom. The quantitative estimate of drug-likeness (QED) is 0.642. The van der Waals surface area contributed by atoms with Gasteiger partial charge in [0.15, 0.2) is 0 Å². The Morgan fingerprint density at radius 2 is 1.85 bits per heavy atom. The minimum Gasteiger partial charge on any atom is -0.255 e. The van der Waals surface area contributed by atoms with Crippen molar-refractivity contribution in [2.45, 2.75) is 17.7 Å². The molecule has 0 bridgehead atoms. The van der Waals surface area contributed by atoms with Gasteiger partial charge in [-0.25, -0.2) is 0 Å². The first-order valence-electron chi connectivity index (χ1n) is 4.41. The summed E-state index contributed by atoms with van der Waals surface area (Å²) in [5.74, 6) is 0. The van der Waals surface area contributed by atoms with Gasteiger partial charge in [-0.05, 0) is 35.4 Å². The highest BCUT2D eigenvalue weighted by Crippen LogP contribution is 2.00. The maximum absolute atomic E-state index is 11.2. The Labute approximate surface area is 80.2 Å². The van der Waals surface area contributed by atoms with Crippen molar-refractivity contribution in [3.05, 3.63) is 28.6 Å². The van der Waals surface area contributed by atoms with Crippen LogP contribution in [0.2, 0.25) is 0 Å². The molecule has 0 saturated heterocycles. The Kier molecular flexibility index (Phi) is 2.32. The standard InChI is InChI=1S/C11H12OS/c1-13(12)11-7-6-9-4-2-3-5-10(9)8-11/h4-8H,2-3H2,1H3. The van der Waals surface area contributed by atoms with Crippen molar-refractivity contribution >= 4 is 23.0 Å². The third-order valence-corrected chi connectivity index (χ3v) is 3.20. The topological polar surface area (TPSA) is 17.1 Å². The highest BCUT2D eigenvalue weighted by molar-refractivity contribution is 7.84. The molecule has 0 fully saturated rings. The number of benzene rings is 1. The largest absolute Gasteiger partial charge is 0.255 e. The van der Waals surface area contributed by atoms with Gasteiger partial charge in [-0.3, -0.25) is 4.21 Å². The summed E-state index contributed by atoms with van der Waals surface area (Å²) >= 11 is 0. The first-order chi connectivity index (χ1) is 6.27. The minimum absolute atomic E-state index is 0.861. The molecular weight excluding hydrogens is 180 g/mol. The van der Waals surface area contributed by atoms with E-state index >= 15 is 0 Å². The predicted molar refractivity (Wildman–Crippen MR) is 56.2 cm³/mol. The summed E-state index contributed by atoms with van der Waals surface area (Å²) < 4.78 is 11.2. The van der Waals surface area contributed by atoms with Crippen molar-refractivity contribution in [2.24, 2.45) is 0 Å². The van der Waals surface area contributed by atoms with Gasteiger partial charge in [0.05, 0.1) is 0 Å². The molecule has 0 radical (unpaired) electrons. The molecule has 0 spiro atoms. The summed E-state index contributed by atoms with van der Waals surface area (Å²) in [5.41, 5.74) is 0. The molecule has 0 aliphatic heterocycles. The van der Waals surface area contributed by atoms with Gasteiger partial charge >= 0.3 is 0 Å². The van der Waals surface area contributed by atoms with Gasteiger partial charge in [0, 0.05) is 22.0 Å². The third-order valence-electron chi connectivity index (χ3n) is 2.29. The molecule has 0 heterocycles. The molecule has 1 aliphatic rings. The van der Waals surface area contributed by atoms with Gasteiger partial charge in [-0.15, -0.1) is 0 Å². The second-order valence-electron chi connectivity index (χ2n) is 3.23. The van der Waals surface area contributed by atoms with Crippen molar-refractivity contribution in [1.29, 1.82) is 0 Å². The van der Waals surface area contributed by atoms with Gasteiger partial charge in [0.2, 0.25) is 0 Å². The second kappa shape index (κ2) is 3.46. The van der Waals surface area contributed by atoms with Gasteiger partial charge in [-0.1, -0.05) is 18.2 Å². The van der Waals surface area contributed by atoms with Crippen LogP contribution in [0.4, 0.5) is 0 Å². The van der Waals surface area contributed by atoms with E-state index in [1.165, 1.54) is 10.4 Å². The molecule has 1 atom stereocenters. The zero-order valence-electron chi connectivity index (χ0n) is 7.62. The molecule has 0 aromatic heterocycles. The fourth-order valence-electron chi connectivity index (χ4n) is 1.57. The van der Waals surface area contributed by atoms with Crippen LogP contribution in [-0.2, 0) is 10.8 Å². The van der Waals surface area contributed by atoms with Crippen LogP contribution >= 0.6 is 0 Å². The number of fused-ring (bicyclic) bond motifs is 1. The Bertz CT molecular complexity index is 459. The van der Waals surface area contributed by atoms with Gasteiger partial charge in [0.25, 0.3) is 0 Å². The summed E-state index contributed by atoms with van der Waals surface area (Å²) in [7, 11) is -0.861. The van der Waals surface area contributed by atoms with Crippen LogP contribution in [0.5, 0.6) is 0 Å². The molecule has 0 amide bonds. The fraction of sp³-hybridized carbons (Fsp3) is 0.273. The Balaban J connectivity index is 2.67. The number of hydrogen-bond acceptors (Lipinski definition) is 1. The predicted octanol–water partition coefficient (Wildman–Crippen LogP) is 0.779. The lowest BCUT2D eigenvalue weighted by Crippen LogP contribution is -2.26. The molecule has 2 heteroatoms. The van der Waals surface area contributed by atoms with E-state index in [4.69, 9.17) is 0 Å². The van der Waals surface area contributed by atoms with Gasteiger partial charge in [0.1, 0.15) is 0 Å². The Hall–Kier alpha value is -0.890.